The molecule has 0 saturated carbocycles. The fourth-order valence-corrected chi connectivity index (χ4v) is 4.06. The molecule has 0 amide bonds. The van der Waals surface area contributed by atoms with Gasteiger partial charge in [-0.3, -0.25) is 0 Å². The average molecular weight is 378 g/mol. The first-order chi connectivity index (χ1) is 13.5. The predicted octanol–water partition coefficient (Wildman–Crippen LogP) is 4.18. The van der Waals surface area contributed by atoms with E-state index in [-0.39, 0.29) is 17.2 Å². The quantitative estimate of drug-likeness (QED) is 0.635. The van der Waals surface area contributed by atoms with Gasteiger partial charge < -0.3 is 24.8 Å². The van der Waals surface area contributed by atoms with Gasteiger partial charge in [-0.05, 0) is 47.7 Å². The van der Waals surface area contributed by atoms with Gasteiger partial charge in [-0.1, -0.05) is 18.2 Å². The van der Waals surface area contributed by atoms with Crippen molar-refractivity contribution in [2.24, 2.45) is 0 Å². The summed E-state index contributed by atoms with van der Waals surface area (Å²) in [5, 5.41) is 30.4. The summed E-state index contributed by atoms with van der Waals surface area (Å²) in [6.45, 7) is 0. The zero-order valence-electron chi connectivity index (χ0n) is 15.8. The van der Waals surface area contributed by atoms with Crippen LogP contribution in [-0.2, 0) is 19.3 Å². The van der Waals surface area contributed by atoms with E-state index in [1.807, 2.05) is 18.2 Å². The Morgan fingerprint density at radius 3 is 2.21 bits per heavy atom. The van der Waals surface area contributed by atoms with Gasteiger partial charge in [-0.2, -0.15) is 0 Å². The van der Waals surface area contributed by atoms with Crippen LogP contribution in [0.2, 0.25) is 0 Å². The Hall–Kier alpha value is -3.34. The molecule has 0 aliphatic heterocycles. The highest BCUT2D eigenvalue weighted by atomic mass is 16.5. The topological polar surface area (TPSA) is 79.2 Å². The third kappa shape index (κ3) is 2.89. The summed E-state index contributed by atoms with van der Waals surface area (Å²) in [5.41, 5.74) is 5.68. The van der Waals surface area contributed by atoms with E-state index < -0.39 is 0 Å². The first-order valence-corrected chi connectivity index (χ1v) is 9.12. The third-order valence-electron chi connectivity index (χ3n) is 5.36. The normalized spacial score (nSPS) is 12.2. The first kappa shape index (κ1) is 18.0. The Kier molecular flexibility index (Phi) is 4.51. The molecule has 0 unspecified atom stereocenters. The van der Waals surface area contributed by atoms with Crippen LogP contribution >= 0.6 is 0 Å². The van der Waals surface area contributed by atoms with Crippen molar-refractivity contribution < 1.29 is 24.8 Å². The highest BCUT2D eigenvalue weighted by molar-refractivity contribution is 5.83. The van der Waals surface area contributed by atoms with Gasteiger partial charge in [0.2, 0.25) is 0 Å². The van der Waals surface area contributed by atoms with Crippen LogP contribution < -0.4 is 9.47 Å². The van der Waals surface area contributed by atoms with Crippen molar-refractivity contribution in [2.75, 3.05) is 14.2 Å². The molecule has 1 aliphatic rings. The zero-order chi connectivity index (χ0) is 19.8. The minimum atomic E-state index is 0.117. The summed E-state index contributed by atoms with van der Waals surface area (Å²) in [4.78, 5) is 0. The Morgan fingerprint density at radius 1 is 0.821 bits per heavy atom. The second kappa shape index (κ2) is 7.00. The Morgan fingerprint density at radius 2 is 1.54 bits per heavy atom. The van der Waals surface area contributed by atoms with Gasteiger partial charge >= 0.3 is 0 Å². The van der Waals surface area contributed by atoms with E-state index in [0.29, 0.717) is 30.8 Å². The second-order valence-electron chi connectivity index (χ2n) is 6.92. The number of aromatic hydroxyl groups is 3. The molecule has 4 rings (SSSR count). The number of phenolic OH excluding ortho intramolecular Hbond substituents is 3. The molecule has 28 heavy (non-hydrogen) atoms. The number of hydrogen-bond donors (Lipinski definition) is 3. The summed E-state index contributed by atoms with van der Waals surface area (Å²) >= 11 is 0. The summed E-state index contributed by atoms with van der Waals surface area (Å²) in [6.07, 6.45) is 1.93. The summed E-state index contributed by atoms with van der Waals surface area (Å²) < 4.78 is 11.0. The minimum Gasteiger partial charge on any atom is -0.508 e. The zero-order valence-corrected chi connectivity index (χ0v) is 15.8. The maximum atomic E-state index is 10.7. The van der Waals surface area contributed by atoms with E-state index in [1.165, 1.54) is 0 Å². The molecule has 0 saturated heterocycles. The van der Waals surface area contributed by atoms with Gasteiger partial charge in [0.05, 0.1) is 14.2 Å². The number of rotatable bonds is 4. The second-order valence-corrected chi connectivity index (χ2v) is 6.92. The molecule has 3 aromatic carbocycles. The summed E-state index contributed by atoms with van der Waals surface area (Å²) in [6, 6.07) is 12.1. The third-order valence-corrected chi connectivity index (χ3v) is 5.36. The number of ether oxygens (including phenoxy) is 2. The van der Waals surface area contributed by atoms with E-state index in [1.54, 1.807) is 38.5 Å². The van der Waals surface area contributed by atoms with E-state index in [9.17, 15) is 15.3 Å². The largest absolute Gasteiger partial charge is 0.508 e. The lowest BCUT2D eigenvalue weighted by Gasteiger charge is -2.27. The van der Waals surface area contributed by atoms with Crippen LogP contribution in [0.3, 0.4) is 0 Å². The van der Waals surface area contributed by atoms with Crippen LogP contribution in [0.5, 0.6) is 28.7 Å². The molecule has 3 aromatic rings. The molecule has 3 N–H and O–H groups in total. The van der Waals surface area contributed by atoms with Crippen LogP contribution in [-0.4, -0.2) is 29.5 Å². The van der Waals surface area contributed by atoms with E-state index >= 15 is 0 Å². The Balaban J connectivity index is 1.91. The monoisotopic (exact) mass is 378 g/mol. The molecule has 0 bridgehead atoms. The fourth-order valence-electron chi connectivity index (χ4n) is 4.06. The molecule has 1 aliphatic carbocycles. The van der Waals surface area contributed by atoms with Crippen molar-refractivity contribution in [3.63, 3.8) is 0 Å². The maximum absolute atomic E-state index is 10.7. The predicted molar refractivity (Wildman–Crippen MR) is 107 cm³/mol. The highest BCUT2D eigenvalue weighted by Crippen LogP contribution is 2.49. The van der Waals surface area contributed by atoms with Crippen LogP contribution in [0.15, 0.2) is 42.5 Å². The number of phenols is 3. The summed E-state index contributed by atoms with van der Waals surface area (Å²) in [5.74, 6) is 1.60. The van der Waals surface area contributed by atoms with Crippen LogP contribution in [0.4, 0.5) is 0 Å². The number of hydrogen-bond acceptors (Lipinski definition) is 5. The smallest absolute Gasteiger partial charge is 0.164 e. The van der Waals surface area contributed by atoms with Crippen molar-refractivity contribution in [3.05, 3.63) is 64.7 Å². The van der Waals surface area contributed by atoms with Gasteiger partial charge in [-0.25, -0.2) is 0 Å². The minimum absolute atomic E-state index is 0.117. The van der Waals surface area contributed by atoms with Gasteiger partial charge in [0.15, 0.2) is 11.5 Å². The lowest BCUT2D eigenvalue weighted by Crippen LogP contribution is -2.11. The standard InChI is InChI=1S/C23H22O5/c1-27-21-12-20(26)18(11-13-3-5-14(24)6-4-13)16-7-8-17-15(22(16)21)9-10-19(25)23(17)28-2/h3-6,9-10,12,24-26H,7-8,11H2,1-2H3. The lowest BCUT2D eigenvalue weighted by molar-refractivity contribution is 0.369. The average Bonchev–Trinajstić information content (AvgIpc) is 2.70. The molecule has 0 spiro atoms. The van der Waals surface area contributed by atoms with Crippen molar-refractivity contribution in [1.82, 2.24) is 0 Å². The van der Waals surface area contributed by atoms with Crippen molar-refractivity contribution >= 4 is 0 Å². The van der Waals surface area contributed by atoms with Gasteiger partial charge in [-0.15, -0.1) is 0 Å². The van der Waals surface area contributed by atoms with Crippen molar-refractivity contribution in [3.8, 4) is 39.9 Å². The number of methoxy groups -OCH3 is 2. The Labute approximate surface area is 163 Å². The SMILES string of the molecule is COc1cc(O)c(Cc2ccc(O)cc2)c2c1-c1ccc(O)c(OC)c1CC2. The van der Waals surface area contributed by atoms with Crippen molar-refractivity contribution in [1.29, 1.82) is 0 Å². The lowest BCUT2D eigenvalue weighted by atomic mass is 9.80. The molecule has 0 radical (unpaired) electrons. The van der Waals surface area contributed by atoms with Crippen LogP contribution in [0.1, 0.15) is 22.3 Å². The van der Waals surface area contributed by atoms with Gasteiger partial charge in [0.25, 0.3) is 0 Å². The van der Waals surface area contributed by atoms with E-state index in [4.69, 9.17) is 9.47 Å². The molecular formula is C23H22O5. The van der Waals surface area contributed by atoms with Gasteiger partial charge in [0, 0.05) is 29.2 Å². The van der Waals surface area contributed by atoms with Crippen LogP contribution in [0.25, 0.3) is 11.1 Å². The van der Waals surface area contributed by atoms with E-state index in [0.717, 1.165) is 33.4 Å². The molecule has 0 fully saturated rings. The van der Waals surface area contributed by atoms with E-state index in [2.05, 4.69) is 0 Å². The molecular weight excluding hydrogens is 356 g/mol. The molecule has 5 heteroatoms. The number of benzene rings is 3. The molecule has 0 aromatic heterocycles. The highest BCUT2D eigenvalue weighted by Gasteiger charge is 2.28. The summed E-state index contributed by atoms with van der Waals surface area (Å²) in [7, 11) is 3.13. The fraction of sp³-hybridized carbons (Fsp3) is 0.217. The molecule has 0 heterocycles. The first-order valence-electron chi connectivity index (χ1n) is 9.12. The molecule has 5 nitrogen and oxygen atoms in total. The van der Waals surface area contributed by atoms with Gasteiger partial charge in [0.1, 0.15) is 17.2 Å². The maximum Gasteiger partial charge on any atom is 0.164 e. The molecule has 144 valence electrons. The Bertz CT molecular complexity index is 1040. The van der Waals surface area contributed by atoms with Crippen molar-refractivity contribution in [2.45, 2.75) is 19.3 Å². The number of fused-ring (bicyclic) bond motifs is 3. The molecule has 0 atom stereocenters. The van der Waals surface area contributed by atoms with Crippen LogP contribution in [0, 0.1) is 0 Å².